The van der Waals surface area contributed by atoms with Gasteiger partial charge in [0.15, 0.2) is 0 Å². The number of esters is 1. The van der Waals surface area contributed by atoms with Crippen LogP contribution < -0.4 is 15.4 Å². The Morgan fingerprint density at radius 3 is 2.59 bits per heavy atom. The second kappa shape index (κ2) is 11.6. The Labute approximate surface area is 206 Å². The summed E-state index contributed by atoms with van der Waals surface area (Å²) in [4.78, 5) is 37.8. The van der Waals surface area contributed by atoms with E-state index in [-0.39, 0.29) is 22.3 Å². The Morgan fingerprint density at radius 1 is 1.24 bits per heavy atom. The molecule has 1 heterocycles. The van der Waals surface area contributed by atoms with Crippen molar-refractivity contribution in [3.05, 3.63) is 69.7 Å². The summed E-state index contributed by atoms with van der Waals surface area (Å²) in [5, 5.41) is 16.0. The van der Waals surface area contributed by atoms with Crippen LogP contribution in [0.3, 0.4) is 0 Å². The number of nitrogens with one attached hydrogen (secondary N) is 2. The van der Waals surface area contributed by atoms with Crippen LogP contribution in [0.2, 0.25) is 5.02 Å². The van der Waals surface area contributed by atoms with Gasteiger partial charge in [0.05, 0.1) is 36.1 Å². The zero-order valence-electron chi connectivity index (χ0n) is 18.5. The molecule has 2 N–H and O–H groups in total. The van der Waals surface area contributed by atoms with E-state index in [1.54, 1.807) is 48.5 Å². The number of amides is 2. The number of thioether (sulfide) groups is 1. The molecule has 0 saturated heterocycles. The van der Waals surface area contributed by atoms with Gasteiger partial charge in [0.1, 0.15) is 11.7 Å². The van der Waals surface area contributed by atoms with Crippen LogP contribution in [-0.2, 0) is 19.1 Å². The Hall–Kier alpha value is -3.48. The maximum atomic E-state index is 12.9. The van der Waals surface area contributed by atoms with Crippen molar-refractivity contribution in [2.45, 2.75) is 12.8 Å². The van der Waals surface area contributed by atoms with E-state index < -0.39 is 23.7 Å². The summed E-state index contributed by atoms with van der Waals surface area (Å²) >= 11 is 6.94. The second-order valence-corrected chi connectivity index (χ2v) is 8.59. The van der Waals surface area contributed by atoms with Gasteiger partial charge in [-0.05, 0) is 42.8 Å². The van der Waals surface area contributed by atoms with Crippen LogP contribution in [0.4, 0.5) is 5.69 Å². The first-order chi connectivity index (χ1) is 16.4. The largest absolute Gasteiger partial charge is 0.494 e. The lowest BCUT2D eigenvalue weighted by Gasteiger charge is -2.31. The molecule has 0 bridgehead atoms. The van der Waals surface area contributed by atoms with Gasteiger partial charge in [-0.2, -0.15) is 5.26 Å². The van der Waals surface area contributed by atoms with Crippen molar-refractivity contribution in [2.75, 3.05) is 24.8 Å². The Morgan fingerprint density at radius 2 is 1.97 bits per heavy atom. The molecule has 2 atom stereocenters. The van der Waals surface area contributed by atoms with Crippen LogP contribution in [0.15, 0.2) is 59.1 Å². The first-order valence-electron chi connectivity index (χ1n) is 10.3. The molecule has 2 aromatic rings. The third-order valence-electron chi connectivity index (χ3n) is 4.99. The fourth-order valence-corrected chi connectivity index (χ4v) is 4.56. The summed E-state index contributed by atoms with van der Waals surface area (Å²) in [6.07, 6.45) is 0. The van der Waals surface area contributed by atoms with E-state index in [4.69, 9.17) is 21.1 Å². The minimum Gasteiger partial charge on any atom is -0.494 e. The zero-order valence-corrected chi connectivity index (χ0v) is 20.0. The summed E-state index contributed by atoms with van der Waals surface area (Å²) in [5.74, 6) is -3.29. The van der Waals surface area contributed by atoms with Crippen LogP contribution in [-0.4, -0.2) is 37.3 Å². The van der Waals surface area contributed by atoms with Crippen molar-refractivity contribution in [3.63, 3.8) is 0 Å². The molecule has 34 heavy (non-hydrogen) atoms. The van der Waals surface area contributed by atoms with E-state index in [9.17, 15) is 19.6 Å². The molecule has 0 aromatic heterocycles. The van der Waals surface area contributed by atoms with Crippen molar-refractivity contribution >= 4 is 46.8 Å². The summed E-state index contributed by atoms with van der Waals surface area (Å²) in [7, 11) is 1.19. The standard InChI is InChI=1S/C24H22ClN3O5S/c1-3-33-17-9-7-14(8-10-17)20-18(12-26)23(28-22(30)21(20)24(31)32-2)34-13-19(29)27-16-6-4-5-15(25)11-16/h4-11,20-21H,3,13H2,1-2H3,(H,27,29)(H,28,30)/t20-,21-/m0/s1. The maximum Gasteiger partial charge on any atom is 0.319 e. The number of carbonyl (C=O) groups excluding carboxylic acids is 3. The number of nitriles is 1. The lowest BCUT2D eigenvalue weighted by atomic mass is 9.78. The second-order valence-electron chi connectivity index (χ2n) is 7.17. The normalized spacial score (nSPS) is 17.4. The van der Waals surface area contributed by atoms with Gasteiger partial charge in [0, 0.05) is 16.6 Å². The number of rotatable bonds is 8. The monoisotopic (exact) mass is 499 g/mol. The third-order valence-corrected chi connectivity index (χ3v) is 6.24. The third kappa shape index (κ3) is 5.90. The highest BCUT2D eigenvalue weighted by Gasteiger charge is 2.44. The van der Waals surface area contributed by atoms with Gasteiger partial charge in [-0.25, -0.2) is 0 Å². The molecule has 8 nitrogen and oxygen atoms in total. The molecule has 2 amide bonds. The highest BCUT2D eigenvalue weighted by atomic mass is 35.5. The van der Waals surface area contributed by atoms with E-state index >= 15 is 0 Å². The van der Waals surface area contributed by atoms with Gasteiger partial charge in [-0.1, -0.05) is 41.6 Å². The van der Waals surface area contributed by atoms with Gasteiger partial charge in [0.25, 0.3) is 0 Å². The highest BCUT2D eigenvalue weighted by molar-refractivity contribution is 8.03. The molecule has 0 spiro atoms. The topological polar surface area (TPSA) is 118 Å². The highest BCUT2D eigenvalue weighted by Crippen LogP contribution is 2.40. The van der Waals surface area contributed by atoms with Crippen LogP contribution in [0.5, 0.6) is 5.75 Å². The summed E-state index contributed by atoms with van der Waals surface area (Å²) in [6.45, 7) is 2.34. The van der Waals surface area contributed by atoms with Crippen LogP contribution >= 0.6 is 23.4 Å². The van der Waals surface area contributed by atoms with Gasteiger partial charge < -0.3 is 20.1 Å². The number of methoxy groups -OCH3 is 1. The SMILES string of the molecule is CCOc1ccc([C@H]2C(C#N)=C(SCC(=O)Nc3cccc(Cl)c3)NC(=O)[C@H]2C(=O)OC)cc1. The van der Waals surface area contributed by atoms with Gasteiger partial charge in [0.2, 0.25) is 11.8 Å². The van der Waals surface area contributed by atoms with Gasteiger partial charge >= 0.3 is 5.97 Å². The number of nitrogens with zero attached hydrogens (tertiary/aromatic N) is 1. The van der Waals surface area contributed by atoms with E-state index in [2.05, 4.69) is 16.7 Å². The fraction of sp³-hybridized carbons (Fsp3) is 0.250. The Balaban J connectivity index is 1.88. The molecule has 176 valence electrons. The predicted octanol–water partition coefficient (Wildman–Crippen LogP) is 3.85. The lowest BCUT2D eigenvalue weighted by molar-refractivity contribution is -0.150. The predicted molar refractivity (Wildman–Crippen MR) is 129 cm³/mol. The Bertz CT molecular complexity index is 1160. The van der Waals surface area contributed by atoms with Crippen LogP contribution in [0, 0.1) is 17.2 Å². The van der Waals surface area contributed by atoms with E-state index in [0.29, 0.717) is 28.6 Å². The maximum absolute atomic E-state index is 12.9. The fourth-order valence-electron chi connectivity index (χ4n) is 3.52. The first kappa shape index (κ1) is 25.1. The summed E-state index contributed by atoms with van der Waals surface area (Å²) in [6, 6.07) is 15.6. The number of ether oxygens (including phenoxy) is 2. The number of anilines is 1. The minimum absolute atomic E-state index is 0.0772. The van der Waals surface area contributed by atoms with Crippen molar-refractivity contribution < 1.29 is 23.9 Å². The van der Waals surface area contributed by atoms with Crippen molar-refractivity contribution in [3.8, 4) is 11.8 Å². The number of carbonyl (C=O) groups is 3. The Kier molecular flexibility index (Phi) is 8.57. The quantitative estimate of drug-likeness (QED) is 0.418. The molecular formula is C24H22ClN3O5S. The van der Waals surface area contributed by atoms with Crippen molar-refractivity contribution in [2.24, 2.45) is 5.92 Å². The summed E-state index contributed by atoms with van der Waals surface area (Å²) < 4.78 is 10.3. The van der Waals surface area contributed by atoms with Gasteiger partial charge in [-0.15, -0.1) is 0 Å². The molecule has 2 aromatic carbocycles. The van der Waals surface area contributed by atoms with Crippen molar-refractivity contribution in [1.29, 1.82) is 5.26 Å². The molecular weight excluding hydrogens is 478 g/mol. The molecule has 0 fully saturated rings. The van der Waals surface area contributed by atoms with E-state index in [1.165, 1.54) is 7.11 Å². The lowest BCUT2D eigenvalue weighted by Crippen LogP contribution is -2.44. The average molecular weight is 500 g/mol. The molecule has 10 heteroatoms. The van der Waals surface area contributed by atoms with Crippen LogP contribution in [0.25, 0.3) is 0 Å². The van der Waals surface area contributed by atoms with Crippen LogP contribution in [0.1, 0.15) is 18.4 Å². The average Bonchev–Trinajstić information content (AvgIpc) is 2.82. The molecule has 1 aliphatic rings. The van der Waals surface area contributed by atoms with Crippen molar-refractivity contribution in [1.82, 2.24) is 5.32 Å². The molecule has 1 aliphatic heterocycles. The molecule has 0 saturated carbocycles. The van der Waals surface area contributed by atoms with Gasteiger partial charge in [-0.3, -0.25) is 14.4 Å². The minimum atomic E-state index is -1.25. The summed E-state index contributed by atoms with van der Waals surface area (Å²) in [5.41, 5.74) is 1.27. The molecule has 0 radical (unpaired) electrons. The zero-order chi connectivity index (χ0) is 24.7. The number of hydrogen-bond acceptors (Lipinski definition) is 7. The van der Waals surface area contributed by atoms with E-state index in [0.717, 1.165) is 11.8 Å². The molecule has 3 rings (SSSR count). The number of halogens is 1. The first-order valence-corrected chi connectivity index (χ1v) is 11.7. The van der Waals surface area contributed by atoms with E-state index in [1.807, 2.05) is 6.92 Å². The molecule has 0 aliphatic carbocycles. The molecule has 0 unspecified atom stereocenters. The number of benzene rings is 2. The smallest absolute Gasteiger partial charge is 0.319 e. The number of allylic oxidation sites excluding steroid dienone is 1. The number of hydrogen-bond donors (Lipinski definition) is 2.